The topological polar surface area (TPSA) is 29.0 Å². The third-order valence-corrected chi connectivity index (χ3v) is 3.63. The average Bonchev–Trinajstić information content (AvgIpc) is 2.58. The second-order valence-corrected chi connectivity index (χ2v) is 5.52. The summed E-state index contributed by atoms with van der Waals surface area (Å²) in [5, 5.41) is 1.14. The van der Waals surface area contributed by atoms with Crippen LogP contribution in [0.4, 0.5) is 0 Å². The molecule has 0 N–H and O–H groups in total. The zero-order valence-electron chi connectivity index (χ0n) is 10.5. The molecule has 0 atom stereocenters. The summed E-state index contributed by atoms with van der Waals surface area (Å²) in [7, 11) is 2.11. The van der Waals surface area contributed by atoms with Crippen molar-refractivity contribution in [3.63, 3.8) is 0 Å². The fraction of sp³-hybridized carbons (Fsp3) is 0.385. The van der Waals surface area contributed by atoms with E-state index in [9.17, 15) is 0 Å². The molecule has 4 heteroatoms. The predicted molar refractivity (Wildman–Crippen MR) is 71.0 cm³/mol. The highest BCUT2D eigenvalue weighted by molar-refractivity contribution is 7.11. The van der Waals surface area contributed by atoms with Gasteiger partial charge in [-0.2, -0.15) is 0 Å². The van der Waals surface area contributed by atoms with Gasteiger partial charge in [0.25, 0.3) is 0 Å². The first-order valence-corrected chi connectivity index (χ1v) is 6.48. The van der Waals surface area contributed by atoms with Crippen molar-refractivity contribution in [2.45, 2.75) is 26.9 Å². The molecule has 17 heavy (non-hydrogen) atoms. The Labute approximate surface area is 106 Å². The van der Waals surface area contributed by atoms with Crippen LogP contribution in [0.5, 0.6) is 0 Å². The Hall–Kier alpha value is -1.26. The van der Waals surface area contributed by atoms with Gasteiger partial charge in [-0.25, -0.2) is 4.98 Å². The summed E-state index contributed by atoms with van der Waals surface area (Å²) < 4.78 is 0. The molecule has 0 aromatic carbocycles. The fourth-order valence-electron chi connectivity index (χ4n) is 1.79. The maximum absolute atomic E-state index is 4.45. The van der Waals surface area contributed by atoms with E-state index in [1.54, 1.807) is 11.3 Å². The maximum Gasteiger partial charge on any atom is 0.0900 e. The summed E-state index contributed by atoms with van der Waals surface area (Å²) in [5.41, 5.74) is 2.26. The Morgan fingerprint density at radius 3 is 2.65 bits per heavy atom. The molecule has 2 heterocycles. The van der Waals surface area contributed by atoms with Crippen molar-refractivity contribution >= 4 is 11.3 Å². The van der Waals surface area contributed by atoms with Crippen LogP contribution < -0.4 is 0 Å². The van der Waals surface area contributed by atoms with E-state index >= 15 is 0 Å². The summed E-state index contributed by atoms with van der Waals surface area (Å²) in [6, 6.07) is 6.03. The lowest BCUT2D eigenvalue weighted by atomic mass is 10.3. The van der Waals surface area contributed by atoms with Crippen molar-refractivity contribution in [2.24, 2.45) is 0 Å². The molecule has 0 aliphatic heterocycles. The largest absolute Gasteiger partial charge is 0.295 e. The third kappa shape index (κ3) is 3.35. The van der Waals surface area contributed by atoms with Gasteiger partial charge in [0.15, 0.2) is 0 Å². The van der Waals surface area contributed by atoms with Gasteiger partial charge in [-0.05, 0) is 33.0 Å². The van der Waals surface area contributed by atoms with Gasteiger partial charge >= 0.3 is 0 Å². The minimum absolute atomic E-state index is 0.872. The molecule has 0 radical (unpaired) electrons. The molecule has 0 unspecified atom stereocenters. The molecule has 0 fully saturated rings. The van der Waals surface area contributed by atoms with E-state index in [-0.39, 0.29) is 0 Å². The monoisotopic (exact) mass is 247 g/mol. The molecule has 0 aliphatic carbocycles. The molecule has 2 rings (SSSR count). The molecular formula is C13H17N3S. The second-order valence-electron chi connectivity index (χ2n) is 4.23. The molecule has 0 saturated carbocycles. The zero-order valence-corrected chi connectivity index (χ0v) is 11.3. The molecule has 2 aromatic heterocycles. The smallest absolute Gasteiger partial charge is 0.0900 e. The number of aromatic nitrogens is 2. The fourth-order valence-corrected chi connectivity index (χ4v) is 2.81. The van der Waals surface area contributed by atoms with Gasteiger partial charge in [-0.1, -0.05) is 6.07 Å². The van der Waals surface area contributed by atoms with E-state index in [4.69, 9.17) is 0 Å². The summed E-state index contributed by atoms with van der Waals surface area (Å²) in [4.78, 5) is 12.4. The molecule has 0 spiro atoms. The SMILES string of the molecule is Cc1nc(C)c(CN(C)Cc2ccccn2)s1. The number of rotatable bonds is 4. The van der Waals surface area contributed by atoms with E-state index in [1.807, 2.05) is 18.3 Å². The highest BCUT2D eigenvalue weighted by Crippen LogP contribution is 2.19. The van der Waals surface area contributed by atoms with Crippen molar-refractivity contribution in [2.75, 3.05) is 7.05 Å². The minimum atomic E-state index is 0.872. The van der Waals surface area contributed by atoms with Gasteiger partial charge in [0.05, 0.1) is 16.4 Å². The highest BCUT2D eigenvalue weighted by Gasteiger charge is 2.08. The van der Waals surface area contributed by atoms with E-state index in [0.29, 0.717) is 0 Å². The Morgan fingerprint density at radius 1 is 1.24 bits per heavy atom. The van der Waals surface area contributed by atoms with E-state index in [2.05, 4.69) is 41.8 Å². The Bertz CT molecular complexity index is 479. The van der Waals surface area contributed by atoms with E-state index in [0.717, 1.165) is 29.5 Å². The van der Waals surface area contributed by atoms with Crippen LogP contribution in [0.25, 0.3) is 0 Å². The Kier molecular flexibility index (Phi) is 3.86. The van der Waals surface area contributed by atoms with Crippen molar-refractivity contribution in [1.29, 1.82) is 0 Å². The molecule has 3 nitrogen and oxygen atoms in total. The van der Waals surface area contributed by atoms with Crippen molar-refractivity contribution in [3.05, 3.63) is 45.7 Å². The van der Waals surface area contributed by atoms with Crippen LogP contribution in [0.15, 0.2) is 24.4 Å². The van der Waals surface area contributed by atoms with E-state index < -0.39 is 0 Å². The van der Waals surface area contributed by atoms with Gasteiger partial charge in [0, 0.05) is 24.2 Å². The summed E-state index contributed by atoms with van der Waals surface area (Å²) in [6.07, 6.45) is 1.84. The van der Waals surface area contributed by atoms with E-state index in [1.165, 1.54) is 4.88 Å². The highest BCUT2D eigenvalue weighted by atomic mass is 32.1. The Morgan fingerprint density at radius 2 is 2.06 bits per heavy atom. The number of hydrogen-bond acceptors (Lipinski definition) is 4. The molecule has 90 valence electrons. The van der Waals surface area contributed by atoms with Crippen LogP contribution in [0.3, 0.4) is 0 Å². The number of nitrogens with zero attached hydrogens (tertiary/aromatic N) is 3. The number of thiazole rings is 1. The van der Waals surface area contributed by atoms with Crippen LogP contribution in [0.1, 0.15) is 21.3 Å². The lowest BCUT2D eigenvalue weighted by molar-refractivity contribution is 0.317. The van der Waals surface area contributed by atoms with Crippen LogP contribution in [0.2, 0.25) is 0 Å². The lowest BCUT2D eigenvalue weighted by Crippen LogP contribution is -2.17. The van der Waals surface area contributed by atoms with Crippen LogP contribution in [-0.2, 0) is 13.1 Å². The number of pyridine rings is 1. The molecule has 0 bridgehead atoms. The average molecular weight is 247 g/mol. The summed E-state index contributed by atoms with van der Waals surface area (Å²) >= 11 is 1.78. The summed E-state index contributed by atoms with van der Waals surface area (Å²) in [6.45, 7) is 5.94. The first-order chi connectivity index (χ1) is 8.15. The quantitative estimate of drug-likeness (QED) is 0.832. The van der Waals surface area contributed by atoms with Gasteiger partial charge in [0.1, 0.15) is 0 Å². The van der Waals surface area contributed by atoms with Gasteiger partial charge < -0.3 is 0 Å². The standard InChI is InChI=1S/C13H17N3S/c1-10-13(17-11(2)15-10)9-16(3)8-12-6-4-5-7-14-12/h4-7H,8-9H2,1-3H3. The lowest BCUT2D eigenvalue weighted by Gasteiger charge is -2.15. The van der Waals surface area contributed by atoms with Gasteiger partial charge in [-0.3, -0.25) is 9.88 Å². The predicted octanol–water partition coefficient (Wildman–Crippen LogP) is 2.79. The van der Waals surface area contributed by atoms with Gasteiger partial charge in [0.2, 0.25) is 0 Å². The summed E-state index contributed by atoms with van der Waals surface area (Å²) in [5.74, 6) is 0. The third-order valence-electron chi connectivity index (χ3n) is 2.57. The van der Waals surface area contributed by atoms with Crippen molar-refractivity contribution in [1.82, 2.24) is 14.9 Å². The van der Waals surface area contributed by atoms with Crippen LogP contribution >= 0.6 is 11.3 Å². The van der Waals surface area contributed by atoms with Crippen molar-refractivity contribution in [3.8, 4) is 0 Å². The van der Waals surface area contributed by atoms with Crippen molar-refractivity contribution < 1.29 is 0 Å². The molecular weight excluding hydrogens is 230 g/mol. The normalized spacial score (nSPS) is 11.1. The minimum Gasteiger partial charge on any atom is -0.295 e. The zero-order chi connectivity index (χ0) is 12.3. The maximum atomic E-state index is 4.45. The van der Waals surface area contributed by atoms with Crippen LogP contribution in [-0.4, -0.2) is 21.9 Å². The first-order valence-electron chi connectivity index (χ1n) is 5.66. The second kappa shape index (κ2) is 5.38. The molecule has 0 aliphatic rings. The number of hydrogen-bond donors (Lipinski definition) is 0. The Balaban J connectivity index is 1.98. The molecule has 0 saturated heterocycles. The number of aryl methyl sites for hydroxylation is 2. The van der Waals surface area contributed by atoms with Crippen LogP contribution in [0, 0.1) is 13.8 Å². The molecule has 2 aromatic rings. The molecule has 0 amide bonds. The van der Waals surface area contributed by atoms with Gasteiger partial charge in [-0.15, -0.1) is 11.3 Å². The first kappa shape index (κ1) is 12.2.